The number of methoxy groups -OCH3 is 1. The predicted molar refractivity (Wildman–Crippen MR) is 130 cm³/mol. The van der Waals surface area contributed by atoms with E-state index in [2.05, 4.69) is 10.3 Å². The van der Waals surface area contributed by atoms with Gasteiger partial charge in [-0.2, -0.15) is 0 Å². The molecular formula is C25H27ClN4O4. The van der Waals surface area contributed by atoms with Crippen molar-refractivity contribution in [2.24, 2.45) is 0 Å². The fraction of sp³-hybridized carbons (Fsp3) is 0.320. The number of H-pyrrole nitrogens is 1. The highest BCUT2D eigenvalue weighted by Gasteiger charge is 2.30. The number of nitrogens with one attached hydrogen (secondary N) is 2. The van der Waals surface area contributed by atoms with Crippen molar-refractivity contribution >= 4 is 40.2 Å². The van der Waals surface area contributed by atoms with Crippen molar-refractivity contribution in [2.45, 2.75) is 19.4 Å². The number of hydrogen-bond donors (Lipinski definition) is 2. The monoisotopic (exact) mass is 482 g/mol. The molecule has 3 amide bonds. The number of amides is 3. The minimum atomic E-state index is -0.764. The zero-order valence-corrected chi connectivity index (χ0v) is 19.9. The van der Waals surface area contributed by atoms with Crippen LogP contribution in [0.2, 0.25) is 5.02 Å². The standard InChI is InChI=1S/C25H27ClN4O4/c1-16(31)29-9-11-30(12-10-29)25(33)23(13-17-3-6-20(34-2)7-4-17)28-24(32)22-15-18-14-19(26)5-8-21(18)27-22/h3-8,14-15,23,27H,9-13H2,1-2H3,(H,28,32)/t23-/m0/s1. The second-order valence-corrected chi connectivity index (χ2v) is 8.76. The fourth-order valence-electron chi connectivity index (χ4n) is 4.12. The van der Waals surface area contributed by atoms with E-state index in [-0.39, 0.29) is 17.7 Å². The maximum Gasteiger partial charge on any atom is 0.268 e. The van der Waals surface area contributed by atoms with E-state index in [9.17, 15) is 14.4 Å². The number of ether oxygens (including phenoxy) is 1. The number of piperazine rings is 1. The van der Waals surface area contributed by atoms with Gasteiger partial charge in [0.2, 0.25) is 11.8 Å². The first-order valence-electron chi connectivity index (χ1n) is 11.1. The van der Waals surface area contributed by atoms with Crippen LogP contribution < -0.4 is 10.1 Å². The Morgan fingerprint density at radius 1 is 1.03 bits per heavy atom. The van der Waals surface area contributed by atoms with E-state index in [1.54, 1.807) is 35.1 Å². The fourth-order valence-corrected chi connectivity index (χ4v) is 4.30. The molecule has 3 aromatic rings. The summed E-state index contributed by atoms with van der Waals surface area (Å²) in [7, 11) is 1.59. The van der Waals surface area contributed by atoms with Gasteiger partial charge in [0.05, 0.1) is 7.11 Å². The maximum absolute atomic E-state index is 13.4. The number of fused-ring (bicyclic) bond motifs is 1. The Morgan fingerprint density at radius 3 is 2.35 bits per heavy atom. The zero-order chi connectivity index (χ0) is 24.2. The lowest BCUT2D eigenvalue weighted by atomic mass is 10.0. The van der Waals surface area contributed by atoms with Crippen molar-refractivity contribution in [1.29, 1.82) is 0 Å². The number of benzene rings is 2. The van der Waals surface area contributed by atoms with Crippen LogP contribution in [0.1, 0.15) is 23.0 Å². The quantitative estimate of drug-likeness (QED) is 0.565. The van der Waals surface area contributed by atoms with E-state index in [1.165, 1.54) is 6.92 Å². The van der Waals surface area contributed by atoms with Gasteiger partial charge in [-0.1, -0.05) is 23.7 Å². The van der Waals surface area contributed by atoms with Crippen molar-refractivity contribution < 1.29 is 19.1 Å². The van der Waals surface area contributed by atoms with Gasteiger partial charge in [-0.15, -0.1) is 0 Å². The zero-order valence-electron chi connectivity index (χ0n) is 19.1. The van der Waals surface area contributed by atoms with E-state index in [0.717, 1.165) is 16.5 Å². The van der Waals surface area contributed by atoms with Crippen molar-refractivity contribution in [2.75, 3.05) is 33.3 Å². The Kier molecular flexibility index (Phi) is 7.07. The molecule has 8 nitrogen and oxygen atoms in total. The third-order valence-corrected chi connectivity index (χ3v) is 6.30. The molecule has 0 bridgehead atoms. The van der Waals surface area contributed by atoms with Gasteiger partial charge in [-0.3, -0.25) is 14.4 Å². The van der Waals surface area contributed by atoms with Gasteiger partial charge < -0.3 is 24.8 Å². The van der Waals surface area contributed by atoms with Crippen LogP contribution in [0.25, 0.3) is 10.9 Å². The van der Waals surface area contributed by atoms with Gasteiger partial charge >= 0.3 is 0 Å². The lowest BCUT2D eigenvalue weighted by Gasteiger charge is -2.36. The number of carbonyl (C=O) groups excluding carboxylic acids is 3. The Labute approximate surface area is 202 Å². The second-order valence-electron chi connectivity index (χ2n) is 8.32. The van der Waals surface area contributed by atoms with Gasteiger partial charge in [-0.25, -0.2) is 0 Å². The Bertz CT molecular complexity index is 1200. The third kappa shape index (κ3) is 5.34. The van der Waals surface area contributed by atoms with E-state index in [4.69, 9.17) is 16.3 Å². The van der Waals surface area contributed by atoms with Crippen LogP contribution in [0.4, 0.5) is 0 Å². The molecule has 0 saturated carbocycles. The van der Waals surface area contributed by atoms with Gasteiger partial charge in [0, 0.05) is 55.4 Å². The first-order valence-corrected chi connectivity index (χ1v) is 11.5. The molecule has 0 unspecified atom stereocenters. The third-order valence-electron chi connectivity index (χ3n) is 6.07. The molecular weight excluding hydrogens is 456 g/mol. The smallest absolute Gasteiger partial charge is 0.268 e. The van der Waals surface area contributed by atoms with Crippen molar-refractivity contribution in [3.05, 3.63) is 64.8 Å². The van der Waals surface area contributed by atoms with Crippen LogP contribution in [0.3, 0.4) is 0 Å². The first kappa shape index (κ1) is 23.6. The summed E-state index contributed by atoms with van der Waals surface area (Å²) in [4.78, 5) is 44.7. The molecule has 0 aliphatic carbocycles. The van der Waals surface area contributed by atoms with E-state index in [0.29, 0.717) is 49.1 Å². The van der Waals surface area contributed by atoms with Crippen molar-refractivity contribution in [3.8, 4) is 5.75 Å². The van der Waals surface area contributed by atoms with Crippen LogP contribution in [0.5, 0.6) is 5.75 Å². The number of carbonyl (C=O) groups is 3. The van der Waals surface area contributed by atoms with Gasteiger partial charge in [0.15, 0.2) is 0 Å². The highest BCUT2D eigenvalue weighted by molar-refractivity contribution is 6.31. The molecule has 4 rings (SSSR count). The molecule has 9 heteroatoms. The number of aromatic nitrogens is 1. The number of rotatable bonds is 6. The molecule has 2 N–H and O–H groups in total. The molecule has 0 radical (unpaired) electrons. The van der Waals surface area contributed by atoms with Gasteiger partial charge in [0.25, 0.3) is 5.91 Å². The normalized spacial score (nSPS) is 14.7. The Balaban J connectivity index is 1.53. The first-order chi connectivity index (χ1) is 16.3. The van der Waals surface area contributed by atoms with Crippen LogP contribution in [0, 0.1) is 0 Å². The van der Waals surface area contributed by atoms with E-state index in [1.807, 2.05) is 30.3 Å². The molecule has 2 aromatic carbocycles. The SMILES string of the molecule is COc1ccc(C[C@H](NC(=O)c2cc3cc(Cl)ccc3[nH]2)C(=O)N2CCN(C(C)=O)CC2)cc1. The highest BCUT2D eigenvalue weighted by atomic mass is 35.5. The number of nitrogens with zero attached hydrogens (tertiary/aromatic N) is 2. The molecule has 178 valence electrons. The van der Waals surface area contributed by atoms with Crippen LogP contribution >= 0.6 is 11.6 Å². The molecule has 1 aliphatic heterocycles. The van der Waals surface area contributed by atoms with E-state index < -0.39 is 6.04 Å². The minimum Gasteiger partial charge on any atom is -0.497 e. The Morgan fingerprint density at radius 2 is 1.71 bits per heavy atom. The molecule has 2 heterocycles. The van der Waals surface area contributed by atoms with Crippen LogP contribution in [0.15, 0.2) is 48.5 Å². The second kappa shape index (κ2) is 10.2. The summed E-state index contributed by atoms with van der Waals surface area (Å²) in [6.45, 7) is 3.34. The summed E-state index contributed by atoms with van der Waals surface area (Å²) >= 11 is 6.06. The molecule has 1 aromatic heterocycles. The Hall–Kier alpha value is -3.52. The molecule has 1 aliphatic rings. The topological polar surface area (TPSA) is 94.7 Å². The summed E-state index contributed by atoms with van der Waals surface area (Å²) in [6, 6.07) is 13.7. The average molecular weight is 483 g/mol. The van der Waals surface area contributed by atoms with Crippen molar-refractivity contribution in [1.82, 2.24) is 20.1 Å². The van der Waals surface area contributed by atoms with Gasteiger partial charge in [0.1, 0.15) is 17.5 Å². The largest absolute Gasteiger partial charge is 0.497 e. The average Bonchev–Trinajstić information content (AvgIpc) is 3.27. The van der Waals surface area contributed by atoms with Crippen LogP contribution in [-0.4, -0.2) is 71.8 Å². The highest BCUT2D eigenvalue weighted by Crippen LogP contribution is 2.20. The number of aromatic amines is 1. The van der Waals surface area contributed by atoms with Crippen LogP contribution in [-0.2, 0) is 16.0 Å². The summed E-state index contributed by atoms with van der Waals surface area (Å²) < 4.78 is 5.22. The molecule has 34 heavy (non-hydrogen) atoms. The molecule has 1 saturated heterocycles. The predicted octanol–water partition coefficient (Wildman–Crippen LogP) is 2.86. The number of hydrogen-bond acceptors (Lipinski definition) is 4. The maximum atomic E-state index is 13.4. The minimum absolute atomic E-state index is 0.00546. The molecule has 1 fully saturated rings. The summed E-state index contributed by atoms with van der Waals surface area (Å²) in [5.74, 6) is 0.162. The molecule has 0 spiro atoms. The number of halogens is 1. The van der Waals surface area contributed by atoms with Gasteiger partial charge in [-0.05, 0) is 42.0 Å². The lowest BCUT2D eigenvalue weighted by molar-refractivity contribution is -0.139. The summed E-state index contributed by atoms with van der Waals surface area (Å²) in [5.41, 5.74) is 2.03. The lowest BCUT2D eigenvalue weighted by Crippen LogP contribution is -2.56. The molecule has 1 atom stereocenters. The summed E-state index contributed by atoms with van der Waals surface area (Å²) in [6.07, 6.45) is 0.327. The summed E-state index contributed by atoms with van der Waals surface area (Å²) in [5, 5.41) is 4.31. The van der Waals surface area contributed by atoms with E-state index >= 15 is 0 Å². The van der Waals surface area contributed by atoms with Crippen molar-refractivity contribution in [3.63, 3.8) is 0 Å².